The van der Waals surface area contributed by atoms with Crippen molar-refractivity contribution >= 4 is 36.2 Å². The maximum Gasteiger partial charge on any atom is 0.0208 e. The van der Waals surface area contributed by atoms with Crippen molar-refractivity contribution in [3.63, 3.8) is 0 Å². The van der Waals surface area contributed by atoms with Crippen molar-refractivity contribution in [3.05, 3.63) is 23.8 Å². The predicted octanol–water partition coefficient (Wildman–Crippen LogP) is 3.60. The largest absolute Gasteiger partial charge is 0.179 e. The lowest BCUT2D eigenvalue weighted by molar-refractivity contribution is 1.11. The number of benzene rings is 1. The van der Waals surface area contributed by atoms with Gasteiger partial charge in [-0.1, -0.05) is 6.07 Å². The van der Waals surface area contributed by atoms with Gasteiger partial charge in [0.15, 0.2) is 0 Å². The third-order valence-electron chi connectivity index (χ3n) is 1.85. The minimum atomic E-state index is 0.923. The number of hydrogen-bond donors (Lipinski definition) is 1. The van der Waals surface area contributed by atoms with E-state index >= 15 is 0 Å². The fourth-order valence-electron chi connectivity index (χ4n) is 1.17. The zero-order valence-corrected chi connectivity index (χ0v) is 10.4. The molecule has 0 saturated carbocycles. The van der Waals surface area contributed by atoms with Crippen LogP contribution in [0, 0.1) is 0 Å². The average Bonchev–Trinajstić information content (AvgIpc) is 2.18. The van der Waals surface area contributed by atoms with E-state index in [9.17, 15) is 0 Å². The molecule has 0 amide bonds. The Hall–Kier alpha value is 0.270. The van der Waals surface area contributed by atoms with Crippen LogP contribution in [0.3, 0.4) is 0 Å². The second kappa shape index (κ2) is 5.89. The van der Waals surface area contributed by atoms with Gasteiger partial charge in [0.1, 0.15) is 0 Å². The fraction of sp³-hybridized carbons (Fsp3) is 0.400. The molecule has 1 rings (SSSR count). The summed E-state index contributed by atoms with van der Waals surface area (Å²) in [6.45, 7) is 0. The van der Waals surface area contributed by atoms with Crippen molar-refractivity contribution in [3.8, 4) is 0 Å². The van der Waals surface area contributed by atoms with Crippen molar-refractivity contribution in [1.82, 2.24) is 0 Å². The van der Waals surface area contributed by atoms with Crippen LogP contribution in [0.2, 0.25) is 0 Å². The second-order valence-corrected chi connectivity index (χ2v) is 4.81. The van der Waals surface area contributed by atoms with E-state index in [1.54, 1.807) is 11.8 Å². The minimum Gasteiger partial charge on any atom is -0.179 e. The Bertz CT molecular complexity index is 271. The Morgan fingerprint density at radius 2 is 1.85 bits per heavy atom. The molecule has 0 bridgehead atoms. The average molecular weight is 230 g/mol. The first-order valence-electron chi connectivity index (χ1n) is 4.13. The molecule has 0 aliphatic carbocycles. The molecule has 0 saturated heterocycles. The Morgan fingerprint density at radius 3 is 2.38 bits per heavy atom. The molecule has 0 nitrogen and oxygen atoms in total. The van der Waals surface area contributed by atoms with E-state index in [4.69, 9.17) is 0 Å². The molecule has 72 valence electrons. The number of thioether (sulfide) groups is 2. The summed E-state index contributed by atoms with van der Waals surface area (Å²) in [5, 5.41) is 0. The van der Waals surface area contributed by atoms with Crippen molar-refractivity contribution < 1.29 is 0 Å². The van der Waals surface area contributed by atoms with E-state index in [0.29, 0.717) is 0 Å². The highest BCUT2D eigenvalue weighted by molar-refractivity contribution is 8.01. The van der Waals surface area contributed by atoms with Crippen molar-refractivity contribution in [2.75, 3.05) is 18.3 Å². The van der Waals surface area contributed by atoms with Gasteiger partial charge in [-0.15, -0.1) is 23.5 Å². The molecule has 0 fully saturated rings. The first-order chi connectivity index (χ1) is 6.31. The summed E-state index contributed by atoms with van der Waals surface area (Å²) in [6, 6.07) is 6.67. The van der Waals surface area contributed by atoms with Crippen LogP contribution >= 0.6 is 36.2 Å². The van der Waals surface area contributed by atoms with E-state index in [1.807, 2.05) is 11.8 Å². The molecule has 0 N–H and O–H groups in total. The first-order valence-corrected chi connectivity index (χ1v) is 7.21. The van der Waals surface area contributed by atoms with Crippen LogP contribution in [0.15, 0.2) is 28.0 Å². The van der Waals surface area contributed by atoms with Crippen LogP contribution in [-0.2, 0) is 6.42 Å². The monoisotopic (exact) mass is 230 g/mol. The van der Waals surface area contributed by atoms with Crippen LogP contribution in [0.4, 0.5) is 0 Å². The molecule has 0 aliphatic rings. The third-order valence-corrected chi connectivity index (χ3v) is 3.77. The van der Waals surface area contributed by atoms with Crippen LogP contribution < -0.4 is 0 Å². The molecule has 0 unspecified atom stereocenters. The number of thiol groups is 1. The lowest BCUT2D eigenvalue weighted by Gasteiger charge is -2.06. The zero-order valence-electron chi connectivity index (χ0n) is 7.91. The SMILES string of the molecule is CSc1ccc(CCS)cc1SC. The molecular formula is C10H14S3. The fourth-order valence-corrected chi connectivity index (χ4v) is 2.93. The Labute approximate surface area is 94.3 Å². The lowest BCUT2D eigenvalue weighted by Crippen LogP contribution is -1.87. The molecule has 0 atom stereocenters. The molecule has 1 aromatic rings. The first kappa shape index (κ1) is 11.3. The van der Waals surface area contributed by atoms with Gasteiger partial charge in [0.05, 0.1) is 0 Å². The van der Waals surface area contributed by atoms with E-state index < -0.39 is 0 Å². The summed E-state index contributed by atoms with van der Waals surface area (Å²) in [5.74, 6) is 0.923. The van der Waals surface area contributed by atoms with E-state index in [1.165, 1.54) is 15.4 Å². The number of hydrogen-bond acceptors (Lipinski definition) is 3. The zero-order chi connectivity index (χ0) is 9.68. The van der Waals surface area contributed by atoms with Gasteiger partial charge >= 0.3 is 0 Å². The number of rotatable bonds is 4. The summed E-state index contributed by atoms with van der Waals surface area (Å²) < 4.78 is 0. The summed E-state index contributed by atoms with van der Waals surface area (Å²) in [4.78, 5) is 2.75. The Kier molecular flexibility index (Phi) is 5.14. The van der Waals surface area contributed by atoms with Gasteiger partial charge < -0.3 is 0 Å². The van der Waals surface area contributed by atoms with Crippen molar-refractivity contribution in [1.29, 1.82) is 0 Å². The highest BCUT2D eigenvalue weighted by Gasteiger charge is 2.01. The summed E-state index contributed by atoms with van der Waals surface area (Å²) in [7, 11) is 0. The number of aryl methyl sites for hydroxylation is 1. The molecule has 1 aromatic carbocycles. The second-order valence-electron chi connectivity index (χ2n) is 2.66. The summed E-state index contributed by atoms with van der Waals surface area (Å²) in [5.41, 5.74) is 1.39. The van der Waals surface area contributed by atoms with Gasteiger partial charge in [-0.25, -0.2) is 0 Å². The predicted molar refractivity (Wildman–Crippen MR) is 67.6 cm³/mol. The Balaban J connectivity index is 2.91. The van der Waals surface area contributed by atoms with Gasteiger partial charge in [-0.05, 0) is 42.4 Å². The molecule has 0 aromatic heterocycles. The highest BCUT2D eigenvalue weighted by atomic mass is 32.2. The van der Waals surface area contributed by atoms with Crippen molar-refractivity contribution in [2.24, 2.45) is 0 Å². The smallest absolute Gasteiger partial charge is 0.0208 e. The maximum absolute atomic E-state index is 4.23. The van der Waals surface area contributed by atoms with E-state index in [0.717, 1.165) is 12.2 Å². The van der Waals surface area contributed by atoms with Gasteiger partial charge in [-0.3, -0.25) is 0 Å². The maximum atomic E-state index is 4.23. The molecule has 0 spiro atoms. The molecular weight excluding hydrogens is 216 g/mol. The standard InChI is InChI=1S/C10H14S3/c1-12-9-4-3-8(5-6-11)7-10(9)13-2/h3-4,7,11H,5-6H2,1-2H3. The lowest BCUT2D eigenvalue weighted by atomic mass is 10.2. The van der Waals surface area contributed by atoms with Gasteiger partial charge in [-0.2, -0.15) is 12.6 Å². The topological polar surface area (TPSA) is 0 Å². The van der Waals surface area contributed by atoms with Gasteiger partial charge in [0.25, 0.3) is 0 Å². The summed E-state index contributed by atoms with van der Waals surface area (Å²) in [6.07, 6.45) is 5.30. The molecule has 0 aliphatic heterocycles. The van der Waals surface area contributed by atoms with Gasteiger partial charge in [0, 0.05) is 9.79 Å². The molecule has 0 radical (unpaired) electrons. The van der Waals surface area contributed by atoms with E-state index in [-0.39, 0.29) is 0 Å². The normalized spacial score (nSPS) is 10.4. The van der Waals surface area contributed by atoms with Crippen molar-refractivity contribution in [2.45, 2.75) is 16.2 Å². The van der Waals surface area contributed by atoms with E-state index in [2.05, 4.69) is 43.3 Å². The highest BCUT2D eigenvalue weighted by Crippen LogP contribution is 2.29. The Morgan fingerprint density at radius 1 is 1.15 bits per heavy atom. The third kappa shape index (κ3) is 3.15. The molecule has 13 heavy (non-hydrogen) atoms. The molecule has 3 heteroatoms. The van der Waals surface area contributed by atoms with Gasteiger partial charge in [0.2, 0.25) is 0 Å². The molecule has 0 heterocycles. The summed E-state index contributed by atoms with van der Waals surface area (Å²) >= 11 is 7.85. The van der Waals surface area contributed by atoms with Crippen LogP contribution in [0.5, 0.6) is 0 Å². The van der Waals surface area contributed by atoms with Crippen LogP contribution in [0.1, 0.15) is 5.56 Å². The van der Waals surface area contributed by atoms with Crippen LogP contribution in [-0.4, -0.2) is 18.3 Å². The minimum absolute atomic E-state index is 0.923. The van der Waals surface area contributed by atoms with Crippen LogP contribution in [0.25, 0.3) is 0 Å². The quantitative estimate of drug-likeness (QED) is 0.620.